The van der Waals surface area contributed by atoms with Gasteiger partial charge in [0.15, 0.2) is 5.69 Å². The number of amides is 1. The number of hydrogen-bond donors (Lipinski definition) is 1. The second kappa shape index (κ2) is 8.74. The molecule has 1 aliphatic rings. The fraction of sp³-hybridized carbons (Fsp3) is 0.304. The molecule has 5 nitrogen and oxygen atoms in total. The van der Waals surface area contributed by atoms with Crippen LogP contribution in [0, 0.1) is 6.92 Å². The minimum Gasteiger partial charge on any atom is -0.370 e. The van der Waals surface area contributed by atoms with Crippen LogP contribution in [0.1, 0.15) is 28.5 Å². The Morgan fingerprint density at radius 3 is 2.90 bits per heavy atom. The fourth-order valence-electron chi connectivity index (χ4n) is 3.87. The quantitative estimate of drug-likeness (QED) is 0.591. The molecule has 1 aromatic heterocycles. The number of hydrogen-bond acceptors (Lipinski definition) is 4. The lowest BCUT2D eigenvalue weighted by atomic mass is 10.1. The van der Waals surface area contributed by atoms with E-state index in [1.54, 1.807) is 16.4 Å². The van der Waals surface area contributed by atoms with E-state index in [-0.39, 0.29) is 5.91 Å². The summed E-state index contributed by atoms with van der Waals surface area (Å²) in [4.78, 5) is 16.4. The Hall–Kier alpha value is -2.44. The van der Waals surface area contributed by atoms with Gasteiger partial charge in [0.2, 0.25) is 0 Å². The molecule has 2 aromatic carbocycles. The summed E-state index contributed by atoms with van der Waals surface area (Å²) in [6.07, 6.45) is 0. The Bertz CT molecular complexity index is 1090. The van der Waals surface area contributed by atoms with Crippen molar-refractivity contribution in [1.82, 2.24) is 15.1 Å². The number of carbonyl (C=O) groups excluding carboxylic acids is 1. The maximum absolute atomic E-state index is 12.9. The van der Waals surface area contributed by atoms with Crippen LogP contribution in [0.2, 0.25) is 5.02 Å². The second-order valence-electron chi connectivity index (χ2n) is 7.40. The largest absolute Gasteiger partial charge is 0.370 e. The predicted octanol–water partition coefficient (Wildman–Crippen LogP) is 4.91. The first kappa shape index (κ1) is 20.8. The highest BCUT2D eigenvalue weighted by Crippen LogP contribution is 2.43. The van der Waals surface area contributed by atoms with Gasteiger partial charge < -0.3 is 10.2 Å². The summed E-state index contributed by atoms with van der Waals surface area (Å²) in [5.41, 5.74) is 5.90. The molecule has 3 aromatic rings. The van der Waals surface area contributed by atoms with Crippen molar-refractivity contribution in [3.63, 3.8) is 0 Å². The van der Waals surface area contributed by atoms with E-state index in [1.807, 2.05) is 25.2 Å². The summed E-state index contributed by atoms with van der Waals surface area (Å²) >= 11 is 7.93. The van der Waals surface area contributed by atoms with Crippen LogP contribution >= 0.6 is 23.4 Å². The number of rotatable bonds is 6. The maximum atomic E-state index is 12.9. The van der Waals surface area contributed by atoms with Crippen molar-refractivity contribution in [2.75, 3.05) is 24.5 Å². The number of nitrogens with zero attached hydrogens (tertiary/aromatic N) is 3. The van der Waals surface area contributed by atoms with Crippen molar-refractivity contribution in [1.29, 1.82) is 0 Å². The molecule has 156 valence electrons. The van der Waals surface area contributed by atoms with Gasteiger partial charge in [-0.2, -0.15) is 5.10 Å². The van der Waals surface area contributed by atoms with Gasteiger partial charge in [-0.15, -0.1) is 11.8 Å². The van der Waals surface area contributed by atoms with Gasteiger partial charge in [0.1, 0.15) is 0 Å². The minimum atomic E-state index is -0.127. The fourth-order valence-corrected chi connectivity index (χ4v) is 5.09. The van der Waals surface area contributed by atoms with Crippen LogP contribution in [0.5, 0.6) is 0 Å². The van der Waals surface area contributed by atoms with Crippen LogP contribution in [0.15, 0.2) is 47.4 Å². The molecule has 0 fully saturated rings. The molecular weight excluding hydrogens is 416 g/mol. The van der Waals surface area contributed by atoms with Gasteiger partial charge in [0, 0.05) is 59.2 Å². The molecule has 0 spiro atoms. The molecule has 1 amide bonds. The second-order valence-corrected chi connectivity index (χ2v) is 8.86. The smallest absolute Gasteiger partial charge is 0.272 e. The van der Waals surface area contributed by atoms with Gasteiger partial charge in [0.25, 0.3) is 5.91 Å². The lowest BCUT2D eigenvalue weighted by molar-refractivity contribution is 0.0948. The van der Waals surface area contributed by atoms with Gasteiger partial charge in [-0.1, -0.05) is 23.7 Å². The first-order valence-corrected chi connectivity index (χ1v) is 11.4. The number of thioether (sulfide) groups is 1. The van der Waals surface area contributed by atoms with E-state index in [0.29, 0.717) is 17.3 Å². The molecule has 7 heteroatoms. The molecular formula is C23H25ClN4OS. The highest BCUT2D eigenvalue weighted by Gasteiger charge is 2.27. The highest BCUT2D eigenvalue weighted by molar-refractivity contribution is 7.98. The van der Waals surface area contributed by atoms with Crippen molar-refractivity contribution in [3.05, 3.63) is 64.3 Å². The predicted molar refractivity (Wildman–Crippen MR) is 125 cm³/mol. The molecule has 0 saturated heterocycles. The summed E-state index contributed by atoms with van der Waals surface area (Å²) in [6, 6.07) is 14.3. The lowest BCUT2D eigenvalue weighted by Crippen LogP contribution is -2.35. The van der Waals surface area contributed by atoms with Crippen molar-refractivity contribution >= 4 is 35.0 Å². The van der Waals surface area contributed by atoms with E-state index in [0.717, 1.165) is 35.7 Å². The van der Waals surface area contributed by atoms with Crippen LogP contribution < -0.4 is 10.2 Å². The minimum absolute atomic E-state index is 0.127. The number of likely N-dealkylation sites (N-methyl/N-ethyl adjacent to an activating group) is 1. The third-order valence-electron chi connectivity index (χ3n) is 5.34. The summed E-state index contributed by atoms with van der Waals surface area (Å²) in [5.74, 6) is 0.600. The van der Waals surface area contributed by atoms with Crippen LogP contribution in [0.3, 0.4) is 0 Å². The highest BCUT2D eigenvalue weighted by atomic mass is 35.5. The molecule has 0 aliphatic carbocycles. The Labute approximate surface area is 186 Å². The number of nitrogens with one attached hydrogen (secondary N) is 1. The van der Waals surface area contributed by atoms with E-state index in [1.165, 1.54) is 16.1 Å². The van der Waals surface area contributed by atoms with E-state index in [9.17, 15) is 4.79 Å². The van der Waals surface area contributed by atoms with Gasteiger partial charge in [-0.05, 0) is 49.7 Å². The van der Waals surface area contributed by atoms with Gasteiger partial charge in [0.05, 0.1) is 5.69 Å². The van der Waals surface area contributed by atoms with Crippen molar-refractivity contribution in [2.45, 2.75) is 24.5 Å². The van der Waals surface area contributed by atoms with E-state index in [4.69, 9.17) is 11.6 Å². The molecule has 0 saturated carbocycles. The normalized spacial score (nSPS) is 12.3. The van der Waals surface area contributed by atoms with E-state index >= 15 is 0 Å². The molecule has 0 radical (unpaired) electrons. The van der Waals surface area contributed by atoms with Crippen molar-refractivity contribution < 1.29 is 4.79 Å². The zero-order valence-electron chi connectivity index (χ0n) is 17.4. The number of carbonyl (C=O) groups is 1. The molecule has 1 aliphatic heterocycles. The van der Waals surface area contributed by atoms with Gasteiger partial charge in [-0.3, -0.25) is 9.48 Å². The Balaban J connectivity index is 1.48. The standard InChI is InChI=1S/C23H25ClN4OS/c1-4-28(17-7-5-6-15(2)12-17)11-10-25-23(29)21-19-14-30-20-9-8-16(24)13-18(20)22(19)27(3)26-21/h5-9,12-13H,4,10-11,14H2,1-3H3,(H,25,29). The molecule has 0 bridgehead atoms. The Morgan fingerprint density at radius 1 is 1.30 bits per heavy atom. The first-order chi connectivity index (χ1) is 14.5. The summed E-state index contributed by atoms with van der Waals surface area (Å²) in [7, 11) is 1.88. The van der Waals surface area contributed by atoms with Gasteiger partial charge >= 0.3 is 0 Å². The maximum Gasteiger partial charge on any atom is 0.272 e. The first-order valence-electron chi connectivity index (χ1n) is 10.1. The number of anilines is 1. The molecule has 0 atom stereocenters. The van der Waals surface area contributed by atoms with Crippen molar-refractivity contribution in [2.24, 2.45) is 7.05 Å². The monoisotopic (exact) mass is 440 g/mol. The third kappa shape index (κ3) is 4.07. The van der Waals surface area contributed by atoms with Crippen LogP contribution in [0.4, 0.5) is 5.69 Å². The zero-order chi connectivity index (χ0) is 21.3. The van der Waals surface area contributed by atoms with E-state index in [2.05, 4.69) is 53.4 Å². The van der Waals surface area contributed by atoms with Crippen LogP contribution in [-0.2, 0) is 12.8 Å². The average molecular weight is 441 g/mol. The summed E-state index contributed by atoms with van der Waals surface area (Å²) in [5, 5.41) is 8.28. The van der Waals surface area contributed by atoms with E-state index < -0.39 is 0 Å². The SMILES string of the molecule is CCN(CCNC(=O)c1nn(C)c2c1CSc1ccc(Cl)cc1-2)c1cccc(C)c1. The number of aromatic nitrogens is 2. The van der Waals surface area contributed by atoms with Crippen LogP contribution in [0.25, 0.3) is 11.3 Å². The zero-order valence-corrected chi connectivity index (χ0v) is 19.0. The Kier molecular flexibility index (Phi) is 6.06. The number of fused-ring (bicyclic) bond motifs is 3. The molecule has 4 rings (SSSR count). The number of aryl methyl sites for hydroxylation is 2. The molecule has 0 unspecified atom stereocenters. The Morgan fingerprint density at radius 2 is 2.13 bits per heavy atom. The third-order valence-corrected chi connectivity index (χ3v) is 6.68. The molecule has 1 N–H and O–H groups in total. The van der Waals surface area contributed by atoms with Crippen molar-refractivity contribution in [3.8, 4) is 11.3 Å². The molecule has 2 heterocycles. The lowest BCUT2D eigenvalue weighted by Gasteiger charge is -2.23. The summed E-state index contributed by atoms with van der Waals surface area (Å²) < 4.78 is 1.80. The van der Waals surface area contributed by atoms with Crippen LogP contribution in [-0.4, -0.2) is 35.3 Å². The van der Waals surface area contributed by atoms with Gasteiger partial charge in [-0.25, -0.2) is 0 Å². The average Bonchev–Trinajstić information content (AvgIpc) is 3.08. The number of benzene rings is 2. The summed E-state index contributed by atoms with van der Waals surface area (Å²) in [6.45, 7) is 6.40. The topological polar surface area (TPSA) is 50.2 Å². The molecule has 30 heavy (non-hydrogen) atoms. The number of halogens is 1.